The van der Waals surface area contributed by atoms with E-state index in [9.17, 15) is 15.0 Å². The molecule has 2 fully saturated rings. The lowest BCUT2D eigenvalue weighted by Crippen LogP contribution is -2.54. The van der Waals surface area contributed by atoms with Gasteiger partial charge >= 0.3 is 5.97 Å². The smallest absolute Gasteiger partial charge is 0.341 e. The lowest BCUT2D eigenvalue weighted by atomic mass is 10.0. The van der Waals surface area contributed by atoms with E-state index in [1.165, 1.54) is 0 Å². The molecule has 8 nitrogen and oxygen atoms in total. The Morgan fingerprint density at radius 3 is 2.44 bits per heavy atom. The number of benzene rings is 1. The summed E-state index contributed by atoms with van der Waals surface area (Å²) in [5, 5.41) is 28.4. The molecular formula is C19H28N2O6. The predicted molar refractivity (Wildman–Crippen MR) is 97.7 cm³/mol. The number of rotatable bonds is 7. The van der Waals surface area contributed by atoms with Gasteiger partial charge in [-0.25, -0.2) is 4.79 Å². The molecule has 2 saturated heterocycles. The molecule has 0 amide bonds. The molecule has 1 aromatic rings. The number of ether oxygens (including phenoxy) is 2. The molecule has 8 heteroatoms. The molecule has 27 heavy (non-hydrogen) atoms. The zero-order valence-corrected chi connectivity index (χ0v) is 15.4. The number of carboxylic acids is 1. The Morgan fingerprint density at radius 1 is 1.11 bits per heavy atom. The summed E-state index contributed by atoms with van der Waals surface area (Å²) in [5.41, 5.74) is 1.15. The molecule has 3 unspecified atom stereocenters. The van der Waals surface area contributed by atoms with Gasteiger partial charge in [-0.1, -0.05) is 12.1 Å². The molecule has 2 heterocycles. The van der Waals surface area contributed by atoms with Crippen LogP contribution in [0.3, 0.4) is 0 Å². The normalized spacial score (nSPS) is 27.4. The molecule has 0 radical (unpaired) electrons. The van der Waals surface area contributed by atoms with Crippen LogP contribution in [0, 0.1) is 0 Å². The molecule has 0 bridgehead atoms. The maximum atomic E-state index is 10.5. The first-order valence-corrected chi connectivity index (χ1v) is 9.37. The van der Waals surface area contributed by atoms with E-state index in [0.29, 0.717) is 25.3 Å². The number of aliphatic carboxylic acids is 1. The minimum Gasteiger partial charge on any atom is -0.482 e. The number of hydrogen-bond acceptors (Lipinski definition) is 7. The minimum atomic E-state index is -0.988. The van der Waals surface area contributed by atoms with Gasteiger partial charge in [-0.3, -0.25) is 9.80 Å². The van der Waals surface area contributed by atoms with Gasteiger partial charge in [-0.15, -0.1) is 0 Å². The van der Waals surface area contributed by atoms with Crippen molar-refractivity contribution < 1.29 is 29.6 Å². The van der Waals surface area contributed by atoms with Gasteiger partial charge in [0.15, 0.2) is 6.61 Å². The first-order chi connectivity index (χ1) is 13.0. The molecule has 1 aromatic carbocycles. The summed E-state index contributed by atoms with van der Waals surface area (Å²) < 4.78 is 10.8. The first kappa shape index (κ1) is 20.0. The number of hydrogen-bond donors (Lipinski definition) is 3. The van der Waals surface area contributed by atoms with Gasteiger partial charge < -0.3 is 24.8 Å². The van der Waals surface area contributed by atoms with Gasteiger partial charge in [0.1, 0.15) is 11.9 Å². The van der Waals surface area contributed by atoms with Crippen LogP contribution in [0.15, 0.2) is 24.3 Å². The molecule has 0 spiro atoms. The molecule has 2 aliphatic rings. The van der Waals surface area contributed by atoms with Crippen LogP contribution in [0.2, 0.25) is 0 Å². The number of carboxylic acid groups (broad SMARTS) is 1. The molecule has 3 N–H and O–H groups in total. The van der Waals surface area contributed by atoms with Gasteiger partial charge in [0.25, 0.3) is 0 Å². The predicted octanol–water partition coefficient (Wildman–Crippen LogP) is -0.222. The quantitative estimate of drug-likeness (QED) is 0.597. The van der Waals surface area contributed by atoms with E-state index >= 15 is 0 Å². The summed E-state index contributed by atoms with van der Waals surface area (Å²) >= 11 is 0. The molecule has 2 aliphatic heterocycles. The van der Waals surface area contributed by atoms with E-state index in [4.69, 9.17) is 14.6 Å². The number of aliphatic hydroxyl groups excluding tert-OH is 2. The summed E-state index contributed by atoms with van der Waals surface area (Å²) in [6.45, 7) is 5.25. The van der Waals surface area contributed by atoms with Gasteiger partial charge in [0.2, 0.25) is 0 Å². The van der Waals surface area contributed by atoms with Gasteiger partial charge in [-0.05, 0) is 24.1 Å². The number of aliphatic hydroxyl groups is 2. The van der Waals surface area contributed by atoms with Crippen molar-refractivity contribution in [3.8, 4) is 5.75 Å². The number of piperazine rings is 1. The lowest BCUT2D eigenvalue weighted by molar-refractivity contribution is -0.143. The maximum Gasteiger partial charge on any atom is 0.341 e. The third-order valence-corrected chi connectivity index (χ3v) is 5.12. The van der Waals surface area contributed by atoms with Crippen LogP contribution in [0.5, 0.6) is 5.75 Å². The third kappa shape index (κ3) is 5.88. The van der Waals surface area contributed by atoms with Gasteiger partial charge in [-0.2, -0.15) is 0 Å². The average Bonchev–Trinajstić information content (AvgIpc) is 2.66. The molecular weight excluding hydrogens is 352 g/mol. The highest BCUT2D eigenvalue weighted by molar-refractivity contribution is 5.68. The second kappa shape index (κ2) is 9.48. The van der Waals surface area contributed by atoms with Gasteiger partial charge in [0.05, 0.1) is 12.2 Å². The van der Waals surface area contributed by atoms with Crippen LogP contribution < -0.4 is 4.74 Å². The fourth-order valence-electron chi connectivity index (χ4n) is 3.50. The maximum absolute atomic E-state index is 10.5. The highest BCUT2D eigenvalue weighted by atomic mass is 16.5. The summed E-state index contributed by atoms with van der Waals surface area (Å²) in [4.78, 5) is 15.1. The summed E-state index contributed by atoms with van der Waals surface area (Å²) in [5.74, 6) is -0.434. The second-order valence-electron chi connectivity index (χ2n) is 7.16. The van der Waals surface area contributed by atoms with Crippen LogP contribution in [0.25, 0.3) is 0 Å². The SMILES string of the molecule is O=C(O)COc1ccc(CN2CCN(CC3OCCC(O)C3O)CC2)cc1. The van der Waals surface area contributed by atoms with Crippen molar-refractivity contribution in [1.82, 2.24) is 9.80 Å². The number of nitrogens with zero attached hydrogens (tertiary/aromatic N) is 2. The van der Waals surface area contributed by atoms with Crippen LogP contribution in [-0.2, 0) is 16.1 Å². The second-order valence-corrected chi connectivity index (χ2v) is 7.16. The fraction of sp³-hybridized carbons (Fsp3) is 0.632. The van der Waals surface area contributed by atoms with Crippen LogP contribution in [0.4, 0.5) is 0 Å². The highest BCUT2D eigenvalue weighted by Gasteiger charge is 2.33. The summed E-state index contributed by atoms with van der Waals surface area (Å²) in [7, 11) is 0. The van der Waals surface area contributed by atoms with E-state index in [1.807, 2.05) is 12.1 Å². The Bertz CT molecular complexity index is 603. The topological polar surface area (TPSA) is 103 Å². The van der Waals surface area contributed by atoms with Crippen molar-refractivity contribution in [2.45, 2.75) is 31.3 Å². The molecule has 0 saturated carbocycles. The summed E-state index contributed by atoms with van der Waals surface area (Å²) in [6, 6.07) is 7.50. The molecule has 0 aromatic heterocycles. The largest absolute Gasteiger partial charge is 0.482 e. The molecule has 0 aliphatic carbocycles. The monoisotopic (exact) mass is 380 g/mol. The molecule has 3 atom stereocenters. The Labute approximate surface area is 158 Å². The third-order valence-electron chi connectivity index (χ3n) is 5.12. The number of carbonyl (C=O) groups is 1. The summed E-state index contributed by atoms with van der Waals surface area (Å²) in [6.07, 6.45) is -1.32. The van der Waals surface area contributed by atoms with E-state index in [0.717, 1.165) is 38.3 Å². The molecule has 150 valence electrons. The Kier molecular flexibility index (Phi) is 7.03. The van der Waals surface area contributed by atoms with Crippen LogP contribution in [0.1, 0.15) is 12.0 Å². The van der Waals surface area contributed by atoms with E-state index in [-0.39, 0.29) is 12.7 Å². The minimum absolute atomic E-state index is 0.321. The van der Waals surface area contributed by atoms with Crippen molar-refractivity contribution in [1.29, 1.82) is 0 Å². The van der Waals surface area contributed by atoms with E-state index in [2.05, 4.69) is 9.80 Å². The average molecular weight is 380 g/mol. The van der Waals surface area contributed by atoms with Crippen LogP contribution >= 0.6 is 0 Å². The van der Waals surface area contributed by atoms with Crippen molar-refractivity contribution in [3.63, 3.8) is 0 Å². The van der Waals surface area contributed by atoms with Crippen molar-refractivity contribution >= 4 is 5.97 Å². The lowest BCUT2D eigenvalue weighted by Gasteiger charge is -2.39. The van der Waals surface area contributed by atoms with Crippen molar-refractivity contribution in [2.75, 3.05) is 45.9 Å². The van der Waals surface area contributed by atoms with Crippen LogP contribution in [-0.4, -0.2) is 95.3 Å². The zero-order valence-electron chi connectivity index (χ0n) is 15.4. The van der Waals surface area contributed by atoms with E-state index < -0.39 is 18.2 Å². The fourth-order valence-corrected chi connectivity index (χ4v) is 3.50. The Hall–Kier alpha value is -1.71. The Morgan fingerprint density at radius 2 is 1.78 bits per heavy atom. The van der Waals surface area contributed by atoms with Crippen molar-refractivity contribution in [3.05, 3.63) is 29.8 Å². The molecule has 3 rings (SSSR count). The standard InChI is InChI=1S/C19H28N2O6/c22-16-5-10-26-17(19(16)25)12-21-8-6-20(7-9-21)11-14-1-3-15(4-2-14)27-13-18(23)24/h1-4,16-17,19,22,25H,5-13H2,(H,23,24). The van der Waals surface area contributed by atoms with E-state index in [1.54, 1.807) is 12.1 Å². The highest BCUT2D eigenvalue weighted by Crippen LogP contribution is 2.18. The Balaban J connectivity index is 1.41. The van der Waals surface area contributed by atoms with Crippen molar-refractivity contribution in [2.24, 2.45) is 0 Å². The zero-order chi connectivity index (χ0) is 19.2. The van der Waals surface area contributed by atoms with Gasteiger partial charge in [0, 0.05) is 45.9 Å². The first-order valence-electron chi connectivity index (χ1n) is 9.37.